The van der Waals surface area contributed by atoms with Crippen molar-refractivity contribution in [3.05, 3.63) is 59.4 Å². The van der Waals surface area contributed by atoms with Crippen molar-refractivity contribution in [3.8, 4) is 0 Å². The number of carbonyl (C=O) groups excluding carboxylic acids is 1. The molecule has 1 saturated heterocycles. The van der Waals surface area contributed by atoms with Gasteiger partial charge in [0.05, 0.1) is 12.6 Å². The SMILES string of the molecule is CN1CCc2cc(Nc3ncc(C(F)(F)F)c(N4OCC[C@H]4c4ccccc4)n3)nn2CC1=O. The number of aromatic nitrogens is 4. The molecule has 4 heterocycles. The molecule has 1 atom stereocenters. The van der Waals surface area contributed by atoms with Crippen molar-refractivity contribution in [1.29, 1.82) is 0 Å². The number of amides is 1. The molecule has 2 aromatic heterocycles. The van der Waals surface area contributed by atoms with Gasteiger partial charge in [0.1, 0.15) is 12.1 Å². The number of hydrogen-bond donors (Lipinski definition) is 1. The van der Waals surface area contributed by atoms with Crippen LogP contribution in [0.2, 0.25) is 0 Å². The van der Waals surface area contributed by atoms with Gasteiger partial charge in [-0.25, -0.2) is 10.0 Å². The van der Waals surface area contributed by atoms with E-state index in [1.807, 2.05) is 30.3 Å². The van der Waals surface area contributed by atoms with Gasteiger partial charge in [0.25, 0.3) is 0 Å². The monoisotopic (exact) mass is 473 g/mol. The first kappa shape index (κ1) is 22.1. The van der Waals surface area contributed by atoms with Gasteiger partial charge in [-0.3, -0.25) is 14.3 Å². The van der Waals surface area contributed by atoms with E-state index in [4.69, 9.17) is 4.84 Å². The van der Waals surface area contributed by atoms with Crippen LogP contribution in [-0.4, -0.2) is 50.8 Å². The maximum absolute atomic E-state index is 13.8. The second-order valence-corrected chi connectivity index (χ2v) is 8.17. The highest BCUT2D eigenvalue weighted by Crippen LogP contribution is 2.41. The fourth-order valence-corrected chi connectivity index (χ4v) is 4.08. The van der Waals surface area contributed by atoms with E-state index in [2.05, 4.69) is 20.4 Å². The molecule has 178 valence electrons. The van der Waals surface area contributed by atoms with E-state index in [0.29, 0.717) is 25.2 Å². The number of anilines is 3. The number of hydroxylamine groups is 1. The van der Waals surface area contributed by atoms with E-state index in [-0.39, 0.29) is 30.8 Å². The van der Waals surface area contributed by atoms with Gasteiger partial charge in [0.15, 0.2) is 11.6 Å². The van der Waals surface area contributed by atoms with Crippen LogP contribution in [0.25, 0.3) is 0 Å². The first-order valence-corrected chi connectivity index (χ1v) is 10.8. The number of likely N-dealkylation sites (N-methyl/N-ethyl adjacent to an activating group) is 1. The molecular weight excluding hydrogens is 451 g/mol. The average molecular weight is 473 g/mol. The molecule has 12 heteroatoms. The van der Waals surface area contributed by atoms with Crippen molar-refractivity contribution in [1.82, 2.24) is 24.6 Å². The Morgan fingerprint density at radius 3 is 2.76 bits per heavy atom. The zero-order valence-electron chi connectivity index (χ0n) is 18.3. The minimum absolute atomic E-state index is 0.0537. The van der Waals surface area contributed by atoms with Crippen LogP contribution in [-0.2, 0) is 28.8 Å². The number of rotatable bonds is 4. The first-order valence-electron chi connectivity index (χ1n) is 10.8. The van der Waals surface area contributed by atoms with Gasteiger partial charge >= 0.3 is 6.18 Å². The molecule has 1 fully saturated rings. The van der Waals surface area contributed by atoms with E-state index in [9.17, 15) is 18.0 Å². The maximum atomic E-state index is 13.8. The minimum Gasteiger partial charge on any atom is -0.344 e. The van der Waals surface area contributed by atoms with E-state index in [0.717, 1.165) is 17.5 Å². The van der Waals surface area contributed by atoms with Gasteiger partial charge in [-0.05, 0) is 5.56 Å². The van der Waals surface area contributed by atoms with Crippen molar-refractivity contribution in [2.24, 2.45) is 0 Å². The molecule has 0 unspecified atom stereocenters. The highest BCUT2D eigenvalue weighted by atomic mass is 19.4. The van der Waals surface area contributed by atoms with Crippen LogP contribution in [0.4, 0.5) is 30.8 Å². The van der Waals surface area contributed by atoms with Crippen LogP contribution in [0.5, 0.6) is 0 Å². The topological polar surface area (TPSA) is 88.4 Å². The molecule has 0 bridgehead atoms. The number of fused-ring (bicyclic) bond motifs is 1. The zero-order chi connectivity index (χ0) is 23.9. The molecule has 3 aromatic rings. The largest absolute Gasteiger partial charge is 0.421 e. The third-order valence-electron chi connectivity index (χ3n) is 5.89. The molecule has 1 aromatic carbocycles. The Bertz CT molecular complexity index is 1200. The van der Waals surface area contributed by atoms with Crippen LogP contribution < -0.4 is 10.4 Å². The molecule has 1 N–H and O–H groups in total. The summed E-state index contributed by atoms with van der Waals surface area (Å²) in [6.45, 7) is 0.908. The Morgan fingerprint density at radius 2 is 2.00 bits per heavy atom. The lowest BCUT2D eigenvalue weighted by atomic mass is 10.0. The fraction of sp³-hybridized carbons (Fsp3) is 0.364. The summed E-state index contributed by atoms with van der Waals surface area (Å²) in [5, 5.41) is 8.45. The Hall–Kier alpha value is -3.67. The van der Waals surface area contributed by atoms with E-state index in [1.165, 1.54) is 5.06 Å². The van der Waals surface area contributed by atoms with Crippen molar-refractivity contribution < 1.29 is 22.8 Å². The molecule has 0 aliphatic carbocycles. The Labute approximate surface area is 193 Å². The van der Waals surface area contributed by atoms with Gasteiger partial charge in [0, 0.05) is 44.4 Å². The number of benzene rings is 1. The second kappa shape index (κ2) is 8.60. The number of alkyl halides is 3. The lowest BCUT2D eigenvalue weighted by Gasteiger charge is -2.26. The number of halogens is 3. The molecule has 2 aliphatic heterocycles. The molecule has 5 rings (SSSR count). The quantitative estimate of drug-likeness (QED) is 0.622. The lowest BCUT2D eigenvalue weighted by molar-refractivity contribution is -0.138. The van der Waals surface area contributed by atoms with Gasteiger partial charge in [0.2, 0.25) is 11.9 Å². The van der Waals surface area contributed by atoms with E-state index < -0.39 is 17.8 Å². The predicted octanol–water partition coefficient (Wildman–Crippen LogP) is 3.33. The van der Waals surface area contributed by atoms with Gasteiger partial charge in [-0.15, -0.1) is 0 Å². The van der Waals surface area contributed by atoms with Crippen LogP contribution >= 0.6 is 0 Å². The normalized spacial score (nSPS) is 18.7. The van der Waals surface area contributed by atoms with Gasteiger partial charge in [-0.1, -0.05) is 30.3 Å². The molecule has 9 nitrogen and oxygen atoms in total. The van der Waals surface area contributed by atoms with Crippen LogP contribution in [0, 0.1) is 0 Å². The highest BCUT2D eigenvalue weighted by Gasteiger charge is 2.40. The van der Waals surface area contributed by atoms with E-state index in [1.54, 1.807) is 22.7 Å². The summed E-state index contributed by atoms with van der Waals surface area (Å²) in [5.41, 5.74) is 0.670. The summed E-state index contributed by atoms with van der Waals surface area (Å²) in [7, 11) is 1.73. The molecule has 0 spiro atoms. The number of nitrogens with zero attached hydrogens (tertiary/aromatic N) is 6. The molecule has 34 heavy (non-hydrogen) atoms. The van der Waals surface area contributed by atoms with E-state index >= 15 is 0 Å². The highest BCUT2D eigenvalue weighted by molar-refractivity contribution is 5.76. The van der Waals surface area contributed by atoms with Crippen molar-refractivity contribution in [3.63, 3.8) is 0 Å². The lowest BCUT2D eigenvalue weighted by Crippen LogP contribution is -2.29. The molecule has 0 radical (unpaired) electrons. The zero-order valence-corrected chi connectivity index (χ0v) is 18.3. The molecule has 0 saturated carbocycles. The standard InChI is InChI=1S/C22H22F3N7O2/c1-30-9-7-15-11-18(29-31(15)13-19(30)33)27-21-26-12-16(22(23,24)25)20(28-21)32-17(8-10-34-32)14-5-3-2-4-6-14/h2-6,11-12,17H,7-10,13H2,1H3,(H,26,27,28,29)/t17-/m0/s1. The molecule has 2 aliphatic rings. The Kier molecular flexibility index (Phi) is 5.60. The summed E-state index contributed by atoms with van der Waals surface area (Å²) in [6, 6.07) is 10.5. The van der Waals surface area contributed by atoms with Crippen LogP contribution in [0.1, 0.15) is 29.3 Å². The van der Waals surface area contributed by atoms with Crippen LogP contribution in [0.3, 0.4) is 0 Å². The smallest absolute Gasteiger partial charge is 0.344 e. The van der Waals surface area contributed by atoms with Gasteiger partial charge < -0.3 is 10.2 Å². The van der Waals surface area contributed by atoms with Crippen molar-refractivity contribution in [2.45, 2.75) is 31.6 Å². The Morgan fingerprint density at radius 1 is 1.21 bits per heavy atom. The third-order valence-corrected chi connectivity index (χ3v) is 5.89. The summed E-state index contributed by atoms with van der Waals surface area (Å²) in [5.74, 6) is -0.143. The van der Waals surface area contributed by atoms with Gasteiger partial charge in [-0.2, -0.15) is 23.3 Å². The average Bonchev–Trinajstić information content (AvgIpc) is 3.41. The second-order valence-electron chi connectivity index (χ2n) is 8.17. The fourth-order valence-electron chi connectivity index (χ4n) is 4.08. The Balaban J connectivity index is 1.47. The minimum atomic E-state index is -4.67. The number of carbonyl (C=O) groups is 1. The maximum Gasteiger partial charge on any atom is 0.421 e. The third kappa shape index (κ3) is 4.28. The van der Waals surface area contributed by atoms with Crippen molar-refractivity contribution in [2.75, 3.05) is 30.6 Å². The van der Waals surface area contributed by atoms with Crippen molar-refractivity contribution >= 4 is 23.5 Å². The summed E-state index contributed by atoms with van der Waals surface area (Å²) in [4.78, 5) is 27.4. The summed E-state index contributed by atoms with van der Waals surface area (Å²) >= 11 is 0. The molecule has 1 amide bonds. The van der Waals surface area contributed by atoms with Crippen LogP contribution in [0.15, 0.2) is 42.6 Å². The number of nitrogens with one attached hydrogen (secondary N) is 1. The molecular formula is C22H22F3N7O2. The summed E-state index contributed by atoms with van der Waals surface area (Å²) in [6.07, 6.45) is -2.80. The predicted molar refractivity (Wildman–Crippen MR) is 116 cm³/mol. The summed E-state index contributed by atoms with van der Waals surface area (Å²) < 4.78 is 43.0. The first-order chi connectivity index (χ1) is 16.3. The number of hydrogen-bond acceptors (Lipinski definition) is 7.